The van der Waals surface area contributed by atoms with Gasteiger partial charge in [0.2, 0.25) is 0 Å². The lowest BCUT2D eigenvalue weighted by Gasteiger charge is -2.18. The van der Waals surface area contributed by atoms with Crippen molar-refractivity contribution >= 4 is 0 Å². The zero-order chi connectivity index (χ0) is 14.8. The van der Waals surface area contributed by atoms with Gasteiger partial charge in [0, 0.05) is 6.54 Å². The number of likely N-dealkylation sites (tertiary alicyclic amines) is 1. The largest absolute Gasteiger partial charge is 0.389 e. The molecule has 1 aliphatic heterocycles. The van der Waals surface area contributed by atoms with E-state index in [2.05, 4.69) is 31.0 Å². The first-order valence-electron chi connectivity index (χ1n) is 8.30. The van der Waals surface area contributed by atoms with Crippen LogP contribution in [0.2, 0.25) is 0 Å². The van der Waals surface area contributed by atoms with E-state index in [1.165, 1.54) is 32.5 Å². The second-order valence-electron chi connectivity index (χ2n) is 6.53. The molecule has 4 heteroatoms. The molecule has 0 aliphatic carbocycles. The van der Waals surface area contributed by atoms with Crippen LogP contribution in [0, 0.1) is 5.92 Å². The van der Waals surface area contributed by atoms with Crippen molar-refractivity contribution in [2.75, 3.05) is 39.3 Å². The molecule has 0 radical (unpaired) electrons. The smallest absolute Gasteiger partial charge is 0.0897 e. The molecule has 1 saturated heterocycles. The summed E-state index contributed by atoms with van der Waals surface area (Å²) < 4.78 is 5.65. The van der Waals surface area contributed by atoms with E-state index < -0.39 is 6.10 Å². The van der Waals surface area contributed by atoms with Crippen LogP contribution in [-0.4, -0.2) is 61.5 Å². The van der Waals surface area contributed by atoms with Crippen molar-refractivity contribution in [3.05, 3.63) is 0 Å². The molecule has 0 saturated carbocycles. The van der Waals surface area contributed by atoms with Gasteiger partial charge in [0.15, 0.2) is 0 Å². The Hall–Kier alpha value is -0.160. The van der Waals surface area contributed by atoms with Crippen molar-refractivity contribution in [1.82, 2.24) is 10.2 Å². The molecule has 2 unspecified atom stereocenters. The van der Waals surface area contributed by atoms with Gasteiger partial charge in [-0.1, -0.05) is 13.8 Å². The minimum atomic E-state index is -0.392. The Kier molecular flexibility index (Phi) is 9.44. The highest BCUT2D eigenvalue weighted by molar-refractivity contribution is 4.67. The molecule has 1 fully saturated rings. The van der Waals surface area contributed by atoms with Crippen LogP contribution in [-0.2, 0) is 4.74 Å². The Bertz CT molecular complexity index is 231. The molecule has 1 heterocycles. The van der Waals surface area contributed by atoms with Crippen molar-refractivity contribution in [3.63, 3.8) is 0 Å². The minimum absolute atomic E-state index is 0.236. The Labute approximate surface area is 124 Å². The molecule has 120 valence electrons. The fourth-order valence-corrected chi connectivity index (χ4v) is 2.77. The Morgan fingerprint density at radius 1 is 1.20 bits per heavy atom. The quantitative estimate of drug-likeness (QED) is 0.569. The van der Waals surface area contributed by atoms with Gasteiger partial charge >= 0.3 is 0 Å². The highest BCUT2D eigenvalue weighted by Gasteiger charge is 2.11. The first-order chi connectivity index (χ1) is 9.58. The number of hydrogen-bond acceptors (Lipinski definition) is 4. The standard InChI is InChI=1S/C16H34N2O2/c1-14(2)11-15(3)20-13-16(19)12-17-7-6-10-18-8-4-5-9-18/h14-17,19H,4-13H2,1-3H3. The van der Waals surface area contributed by atoms with Gasteiger partial charge in [-0.3, -0.25) is 0 Å². The summed E-state index contributed by atoms with van der Waals surface area (Å²) in [6.07, 6.45) is 4.78. The average molecular weight is 286 g/mol. The molecule has 0 spiro atoms. The number of aliphatic hydroxyl groups is 1. The predicted octanol–water partition coefficient (Wildman–Crippen LogP) is 1.87. The number of nitrogens with one attached hydrogen (secondary N) is 1. The van der Waals surface area contributed by atoms with Gasteiger partial charge in [-0.05, 0) is 64.7 Å². The molecule has 20 heavy (non-hydrogen) atoms. The van der Waals surface area contributed by atoms with E-state index in [1.807, 2.05) is 0 Å². The summed E-state index contributed by atoms with van der Waals surface area (Å²) in [6.45, 7) is 12.2. The average Bonchev–Trinajstić information content (AvgIpc) is 2.88. The minimum Gasteiger partial charge on any atom is -0.389 e. The third kappa shape index (κ3) is 8.90. The lowest BCUT2D eigenvalue weighted by molar-refractivity contribution is -0.00845. The fraction of sp³-hybridized carbons (Fsp3) is 1.00. The summed E-state index contributed by atoms with van der Waals surface area (Å²) >= 11 is 0. The molecular formula is C16H34N2O2. The highest BCUT2D eigenvalue weighted by atomic mass is 16.5. The number of nitrogens with zero attached hydrogens (tertiary/aromatic N) is 1. The van der Waals surface area contributed by atoms with E-state index in [-0.39, 0.29) is 6.10 Å². The third-order valence-electron chi connectivity index (χ3n) is 3.78. The summed E-state index contributed by atoms with van der Waals surface area (Å²) in [5, 5.41) is 13.2. The number of ether oxygens (including phenoxy) is 1. The zero-order valence-corrected chi connectivity index (χ0v) is 13.6. The Morgan fingerprint density at radius 3 is 2.55 bits per heavy atom. The van der Waals surface area contributed by atoms with Gasteiger partial charge in [-0.25, -0.2) is 0 Å². The van der Waals surface area contributed by atoms with Gasteiger partial charge in [-0.15, -0.1) is 0 Å². The van der Waals surface area contributed by atoms with Gasteiger partial charge in [0.05, 0.1) is 18.8 Å². The maximum Gasteiger partial charge on any atom is 0.0897 e. The molecule has 2 N–H and O–H groups in total. The molecule has 4 nitrogen and oxygen atoms in total. The van der Waals surface area contributed by atoms with Crippen molar-refractivity contribution in [1.29, 1.82) is 0 Å². The summed E-state index contributed by atoms with van der Waals surface area (Å²) in [6, 6.07) is 0. The second-order valence-corrected chi connectivity index (χ2v) is 6.53. The highest BCUT2D eigenvalue weighted by Crippen LogP contribution is 2.08. The molecule has 1 aliphatic rings. The van der Waals surface area contributed by atoms with Crippen LogP contribution in [0.1, 0.15) is 46.5 Å². The second kappa shape index (κ2) is 10.6. The molecule has 0 aromatic carbocycles. The van der Waals surface area contributed by atoms with Gasteiger partial charge in [0.1, 0.15) is 0 Å². The van der Waals surface area contributed by atoms with Crippen LogP contribution < -0.4 is 5.32 Å². The maximum atomic E-state index is 9.85. The number of hydrogen-bond donors (Lipinski definition) is 2. The first-order valence-corrected chi connectivity index (χ1v) is 8.30. The van der Waals surface area contributed by atoms with Gasteiger partial charge in [0.25, 0.3) is 0 Å². The lowest BCUT2D eigenvalue weighted by atomic mass is 10.1. The zero-order valence-electron chi connectivity index (χ0n) is 13.6. The van der Waals surface area contributed by atoms with Crippen molar-refractivity contribution in [3.8, 4) is 0 Å². The summed E-state index contributed by atoms with van der Waals surface area (Å²) in [5.74, 6) is 0.644. The number of aliphatic hydroxyl groups excluding tert-OH is 1. The van der Waals surface area contributed by atoms with E-state index in [0.717, 1.165) is 19.4 Å². The van der Waals surface area contributed by atoms with Crippen LogP contribution in [0.4, 0.5) is 0 Å². The summed E-state index contributed by atoms with van der Waals surface area (Å²) in [7, 11) is 0. The van der Waals surface area contributed by atoms with Gasteiger partial charge in [-0.2, -0.15) is 0 Å². The van der Waals surface area contributed by atoms with E-state index in [4.69, 9.17) is 4.74 Å². The Morgan fingerprint density at radius 2 is 1.90 bits per heavy atom. The molecule has 2 atom stereocenters. The van der Waals surface area contributed by atoms with Crippen molar-refractivity contribution in [2.24, 2.45) is 5.92 Å². The molecule has 0 amide bonds. The van der Waals surface area contributed by atoms with E-state index >= 15 is 0 Å². The predicted molar refractivity (Wildman–Crippen MR) is 84.0 cm³/mol. The maximum absolute atomic E-state index is 9.85. The summed E-state index contributed by atoms with van der Waals surface area (Å²) in [5.41, 5.74) is 0. The van der Waals surface area contributed by atoms with E-state index in [1.54, 1.807) is 0 Å². The molecule has 0 bridgehead atoms. The van der Waals surface area contributed by atoms with Crippen LogP contribution in [0.25, 0.3) is 0 Å². The van der Waals surface area contributed by atoms with E-state index in [0.29, 0.717) is 19.1 Å². The summed E-state index contributed by atoms with van der Waals surface area (Å²) in [4.78, 5) is 2.52. The normalized spacial score (nSPS) is 19.6. The molecular weight excluding hydrogens is 252 g/mol. The molecule has 0 aromatic rings. The lowest BCUT2D eigenvalue weighted by Crippen LogP contribution is -2.33. The third-order valence-corrected chi connectivity index (χ3v) is 3.78. The monoisotopic (exact) mass is 286 g/mol. The van der Waals surface area contributed by atoms with E-state index in [9.17, 15) is 5.11 Å². The van der Waals surface area contributed by atoms with Crippen LogP contribution >= 0.6 is 0 Å². The van der Waals surface area contributed by atoms with Gasteiger partial charge < -0.3 is 20.1 Å². The topological polar surface area (TPSA) is 44.7 Å². The van der Waals surface area contributed by atoms with Crippen LogP contribution in [0.15, 0.2) is 0 Å². The van der Waals surface area contributed by atoms with Crippen molar-refractivity contribution < 1.29 is 9.84 Å². The molecule has 1 rings (SSSR count). The Balaban J connectivity index is 1.90. The first kappa shape index (κ1) is 17.9. The fourth-order valence-electron chi connectivity index (χ4n) is 2.77. The molecule has 0 aromatic heterocycles. The SMILES string of the molecule is CC(C)CC(C)OCC(O)CNCCCN1CCCC1. The number of rotatable bonds is 11. The van der Waals surface area contributed by atoms with Crippen molar-refractivity contribution in [2.45, 2.75) is 58.7 Å². The van der Waals surface area contributed by atoms with Crippen LogP contribution in [0.5, 0.6) is 0 Å². The van der Waals surface area contributed by atoms with Crippen LogP contribution in [0.3, 0.4) is 0 Å².